The average Bonchev–Trinajstić information content (AvgIpc) is 3.28. The van der Waals surface area contributed by atoms with E-state index in [1.165, 1.54) is 11.3 Å². The van der Waals surface area contributed by atoms with Gasteiger partial charge in [0.1, 0.15) is 0 Å². The Morgan fingerprint density at radius 3 is 3.07 bits per heavy atom. The number of aryl methyl sites for hydroxylation is 1. The predicted octanol–water partition coefficient (Wildman–Crippen LogP) is 1.20. The van der Waals surface area contributed by atoms with E-state index in [1.54, 1.807) is 13.3 Å². The minimum absolute atomic E-state index is 0.102. The van der Waals surface area contributed by atoms with Gasteiger partial charge in [-0.25, -0.2) is 0 Å². The maximum absolute atomic E-state index is 12.4. The topological polar surface area (TPSA) is 92.2 Å². The summed E-state index contributed by atoms with van der Waals surface area (Å²) in [7, 11) is 1.61. The van der Waals surface area contributed by atoms with Gasteiger partial charge in [-0.1, -0.05) is 11.3 Å². The van der Waals surface area contributed by atoms with Crippen molar-refractivity contribution in [2.24, 2.45) is 0 Å². The highest BCUT2D eigenvalue weighted by Crippen LogP contribution is 2.27. The molecule has 0 saturated carbocycles. The summed E-state index contributed by atoms with van der Waals surface area (Å²) in [6, 6.07) is 0. The molecule has 0 bridgehead atoms. The van der Waals surface area contributed by atoms with E-state index in [4.69, 9.17) is 4.74 Å². The van der Waals surface area contributed by atoms with Gasteiger partial charge in [0, 0.05) is 50.3 Å². The van der Waals surface area contributed by atoms with Crippen LogP contribution in [0.1, 0.15) is 40.5 Å². The van der Waals surface area contributed by atoms with Gasteiger partial charge in [-0.15, -0.1) is 0 Å². The molecule has 0 radical (unpaired) electrons. The Balaban J connectivity index is 1.60. The SMILES string of the molecule is COCCNC(=O)c1cn[nH]c1[C@@H]1CCCN(CCn2c(C)csc2=O)C1. The molecule has 2 aromatic heterocycles. The predicted molar refractivity (Wildman–Crippen MR) is 105 cm³/mol. The molecule has 1 aliphatic rings. The van der Waals surface area contributed by atoms with Gasteiger partial charge in [0.15, 0.2) is 0 Å². The van der Waals surface area contributed by atoms with Gasteiger partial charge in [-0.2, -0.15) is 5.10 Å². The van der Waals surface area contributed by atoms with Crippen LogP contribution < -0.4 is 10.2 Å². The summed E-state index contributed by atoms with van der Waals surface area (Å²) in [6.45, 7) is 6.33. The summed E-state index contributed by atoms with van der Waals surface area (Å²) >= 11 is 1.25. The molecule has 1 saturated heterocycles. The van der Waals surface area contributed by atoms with Crippen molar-refractivity contribution in [2.75, 3.05) is 39.9 Å². The van der Waals surface area contributed by atoms with Crippen molar-refractivity contribution in [3.8, 4) is 0 Å². The van der Waals surface area contributed by atoms with E-state index >= 15 is 0 Å². The number of aromatic amines is 1. The summed E-state index contributed by atoms with van der Waals surface area (Å²) in [5.41, 5.74) is 2.53. The number of ether oxygens (including phenoxy) is 1. The van der Waals surface area contributed by atoms with Crippen LogP contribution in [0.2, 0.25) is 0 Å². The van der Waals surface area contributed by atoms with E-state index in [0.717, 1.165) is 43.9 Å². The van der Waals surface area contributed by atoms with E-state index in [9.17, 15) is 9.59 Å². The largest absolute Gasteiger partial charge is 0.383 e. The van der Waals surface area contributed by atoms with E-state index in [-0.39, 0.29) is 16.7 Å². The lowest BCUT2D eigenvalue weighted by atomic mass is 9.92. The van der Waals surface area contributed by atoms with Crippen LogP contribution in [0.15, 0.2) is 16.4 Å². The number of methoxy groups -OCH3 is 1. The Labute approximate surface area is 162 Å². The molecule has 27 heavy (non-hydrogen) atoms. The van der Waals surface area contributed by atoms with Crippen LogP contribution in [0.25, 0.3) is 0 Å². The molecular weight excluding hydrogens is 366 g/mol. The lowest BCUT2D eigenvalue weighted by Gasteiger charge is -2.32. The Morgan fingerprint density at radius 1 is 1.48 bits per heavy atom. The first-order valence-electron chi connectivity index (χ1n) is 9.28. The number of carbonyl (C=O) groups is 1. The number of rotatable bonds is 8. The normalized spacial score (nSPS) is 17.9. The maximum Gasteiger partial charge on any atom is 0.307 e. The third-order valence-electron chi connectivity index (χ3n) is 5.04. The van der Waals surface area contributed by atoms with E-state index in [2.05, 4.69) is 20.4 Å². The molecule has 0 aromatic carbocycles. The number of hydrogen-bond donors (Lipinski definition) is 2. The highest BCUT2D eigenvalue weighted by Gasteiger charge is 2.26. The minimum Gasteiger partial charge on any atom is -0.383 e. The molecule has 2 aromatic rings. The van der Waals surface area contributed by atoms with E-state index in [0.29, 0.717) is 25.3 Å². The second-order valence-electron chi connectivity index (χ2n) is 6.88. The minimum atomic E-state index is -0.117. The summed E-state index contributed by atoms with van der Waals surface area (Å²) in [5.74, 6) is 0.123. The fourth-order valence-corrected chi connectivity index (χ4v) is 4.32. The van der Waals surface area contributed by atoms with Crippen LogP contribution in [0.5, 0.6) is 0 Å². The highest BCUT2D eigenvalue weighted by molar-refractivity contribution is 7.07. The first kappa shape index (κ1) is 19.8. The molecule has 0 aliphatic carbocycles. The molecular formula is C18H27N5O3S. The first-order chi connectivity index (χ1) is 13.1. The Hall–Kier alpha value is -1.97. The van der Waals surface area contributed by atoms with Gasteiger partial charge in [0.2, 0.25) is 0 Å². The zero-order chi connectivity index (χ0) is 19.2. The molecule has 0 unspecified atom stereocenters. The fourth-order valence-electron chi connectivity index (χ4n) is 3.56. The zero-order valence-corrected chi connectivity index (χ0v) is 16.7. The second-order valence-corrected chi connectivity index (χ2v) is 7.70. The molecule has 1 aliphatic heterocycles. The van der Waals surface area contributed by atoms with Crippen molar-refractivity contribution in [1.82, 2.24) is 25.0 Å². The lowest BCUT2D eigenvalue weighted by Crippen LogP contribution is -2.38. The van der Waals surface area contributed by atoms with Crippen LogP contribution in [-0.2, 0) is 11.3 Å². The quantitative estimate of drug-likeness (QED) is 0.658. The van der Waals surface area contributed by atoms with Gasteiger partial charge < -0.3 is 19.5 Å². The van der Waals surface area contributed by atoms with E-state index < -0.39 is 0 Å². The van der Waals surface area contributed by atoms with E-state index in [1.807, 2.05) is 16.9 Å². The van der Waals surface area contributed by atoms with Crippen LogP contribution in [0.3, 0.4) is 0 Å². The van der Waals surface area contributed by atoms with Crippen molar-refractivity contribution in [3.63, 3.8) is 0 Å². The maximum atomic E-state index is 12.4. The number of hydrogen-bond acceptors (Lipinski definition) is 6. The number of H-pyrrole nitrogens is 1. The monoisotopic (exact) mass is 393 g/mol. The molecule has 0 spiro atoms. The molecule has 1 amide bonds. The number of carbonyl (C=O) groups excluding carboxylic acids is 1. The molecule has 8 nitrogen and oxygen atoms in total. The molecule has 3 rings (SSSR count). The summed E-state index contributed by atoms with van der Waals surface area (Å²) in [4.78, 5) is 26.8. The standard InChI is InChI=1S/C18H27N5O3S/c1-13-12-27-18(25)23(13)8-7-22-6-3-4-14(11-22)16-15(10-20-21-16)17(24)19-5-9-26-2/h10,12,14H,3-9,11H2,1-2H3,(H,19,24)(H,20,21)/t14-/m1/s1. The molecule has 1 atom stereocenters. The van der Waals surface area contributed by atoms with Crippen LogP contribution in [0, 0.1) is 6.92 Å². The van der Waals surface area contributed by atoms with Crippen molar-refractivity contribution >= 4 is 17.2 Å². The van der Waals surface area contributed by atoms with Gasteiger partial charge in [0.05, 0.1) is 24.1 Å². The number of aromatic nitrogens is 3. The molecule has 2 N–H and O–H groups in total. The van der Waals surface area contributed by atoms with Gasteiger partial charge >= 0.3 is 4.87 Å². The number of likely N-dealkylation sites (tertiary alicyclic amines) is 1. The van der Waals surface area contributed by atoms with Crippen molar-refractivity contribution in [1.29, 1.82) is 0 Å². The lowest BCUT2D eigenvalue weighted by molar-refractivity contribution is 0.0934. The second kappa shape index (κ2) is 9.29. The molecule has 9 heteroatoms. The van der Waals surface area contributed by atoms with Crippen molar-refractivity contribution in [3.05, 3.63) is 38.2 Å². The number of nitrogens with zero attached hydrogens (tertiary/aromatic N) is 3. The first-order valence-corrected chi connectivity index (χ1v) is 10.2. The molecule has 148 valence electrons. The van der Waals surface area contributed by atoms with Crippen LogP contribution in [-0.4, -0.2) is 65.5 Å². The van der Waals surface area contributed by atoms with Crippen LogP contribution in [0.4, 0.5) is 0 Å². The summed E-state index contributed by atoms with van der Waals surface area (Å²) in [6.07, 6.45) is 3.69. The summed E-state index contributed by atoms with van der Waals surface area (Å²) < 4.78 is 6.81. The molecule has 3 heterocycles. The smallest absolute Gasteiger partial charge is 0.307 e. The summed E-state index contributed by atoms with van der Waals surface area (Å²) in [5, 5.41) is 11.9. The molecule has 1 fully saturated rings. The Morgan fingerprint density at radius 2 is 2.33 bits per heavy atom. The van der Waals surface area contributed by atoms with Gasteiger partial charge in [-0.05, 0) is 26.3 Å². The van der Waals surface area contributed by atoms with Gasteiger partial charge in [0.25, 0.3) is 5.91 Å². The van der Waals surface area contributed by atoms with Crippen molar-refractivity contribution in [2.45, 2.75) is 32.2 Å². The average molecular weight is 394 g/mol. The third kappa shape index (κ3) is 4.85. The Bertz CT molecular complexity index is 812. The number of piperidine rings is 1. The van der Waals surface area contributed by atoms with Crippen LogP contribution >= 0.6 is 11.3 Å². The highest BCUT2D eigenvalue weighted by atomic mass is 32.1. The zero-order valence-electron chi connectivity index (χ0n) is 15.9. The Kier molecular flexibility index (Phi) is 6.81. The number of nitrogens with one attached hydrogen (secondary N) is 2. The van der Waals surface area contributed by atoms with Gasteiger partial charge in [-0.3, -0.25) is 14.7 Å². The number of thiazole rings is 1. The number of amides is 1. The third-order valence-corrected chi connectivity index (χ3v) is 5.92. The van der Waals surface area contributed by atoms with Crippen molar-refractivity contribution < 1.29 is 9.53 Å². The fraction of sp³-hybridized carbons (Fsp3) is 0.611.